The molecule has 0 radical (unpaired) electrons. The maximum Gasteiger partial charge on any atom is 0.0482 e. The normalized spacial score (nSPS) is 25.8. The Kier molecular flexibility index (Phi) is 4.17. The van der Waals surface area contributed by atoms with Gasteiger partial charge in [-0.1, -0.05) is 31.7 Å². The average Bonchev–Trinajstić information content (AvgIpc) is 2.69. The third-order valence-corrected chi connectivity index (χ3v) is 5.18. The van der Waals surface area contributed by atoms with E-state index in [1.54, 1.807) is 0 Å². The summed E-state index contributed by atoms with van der Waals surface area (Å²) < 4.78 is 0. The number of nitrogens with zero attached hydrogens (tertiary/aromatic N) is 1. The minimum Gasteiger partial charge on any atom is -0.316 e. The zero-order valence-electron chi connectivity index (χ0n) is 12.1. The highest BCUT2D eigenvalue weighted by Crippen LogP contribution is 2.39. The Morgan fingerprint density at radius 1 is 1.16 bits per heavy atom. The summed E-state index contributed by atoms with van der Waals surface area (Å²) in [6.07, 6.45) is 13.0. The molecule has 104 valence electrons. The van der Waals surface area contributed by atoms with E-state index in [0.717, 1.165) is 5.92 Å². The first-order valence-corrected chi connectivity index (χ1v) is 8.01. The first-order chi connectivity index (χ1) is 9.40. The molecule has 0 amide bonds. The Labute approximate surface area is 117 Å². The number of hydrogen-bond acceptors (Lipinski definition) is 2. The summed E-state index contributed by atoms with van der Waals surface area (Å²) >= 11 is 0. The van der Waals surface area contributed by atoms with E-state index in [4.69, 9.17) is 0 Å². The van der Waals surface area contributed by atoms with Gasteiger partial charge in [0.25, 0.3) is 0 Å². The molecule has 0 spiro atoms. The van der Waals surface area contributed by atoms with Gasteiger partial charge >= 0.3 is 0 Å². The summed E-state index contributed by atoms with van der Waals surface area (Å²) in [7, 11) is 2.15. The van der Waals surface area contributed by atoms with Crippen molar-refractivity contribution in [2.45, 2.75) is 63.3 Å². The second kappa shape index (κ2) is 6.04. The van der Waals surface area contributed by atoms with Gasteiger partial charge in [-0.25, -0.2) is 0 Å². The van der Waals surface area contributed by atoms with E-state index in [1.165, 1.54) is 62.6 Å². The standard InChI is InChI=1S/C17H26N2/c1-18-16(13-7-4-2-3-5-8-13)15-11-10-14-9-6-12-19-17(14)15/h6,9,12-13,15-16,18H,2-5,7-8,10-11H2,1H3. The molecule has 1 aromatic heterocycles. The summed E-state index contributed by atoms with van der Waals surface area (Å²) in [5, 5.41) is 3.64. The first-order valence-electron chi connectivity index (χ1n) is 8.01. The lowest BCUT2D eigenvalue weighted by atomic mass is 9.82. The van der Waals surface area contributed by atoms with Crippen molar-refractivity contribution in [1.29, 1.82) is 0 Å². The Morgan fingerprint density at radius 3 is 2.68 bits per heavy atom. The Balaban J connectivity index is 1.79. The molecule has 3 rings (SSSR count). The monoisotopic (exact) mass is 258 g/mol. The molecule has 1 N–H and O–H groups in total. The van der Waals surface area contributed by atoms with E-state index in [0.29, 0.717) is 12.0 Å². The second-order valence-corrected chi connectivity index (χ2v) is 6.26. The van der Waals surface area contributed by atoms with Crippen LogP contribution in [0.3, 0.4) is 0 Å². The van der Waals surface area contributed by atoms with Crippen molar-refractivity contribution in [2.24, 2.45) is 5.92 Å². The van der Waals surface area contributed by atoms with Crippen LogP contribution in [0.25, 0.3) is 0 Å². The average molecular weight is 258 g/mol. The van der Waals surface area contributed by atoms with Gasteiger partial charge < -0.3 is 5.32 Å². The highest BCUT2D eigenvalue weighted by molar-refractivity contribution is 5.30. The highest BCUT2D eigenvalue weighted by Gasteiger charge is 2.34. The molecule has 0 aromatic carbocycles. The van der Waals surface area contributed by atoms with Crippen LogP contribution in [0.4, 0.5) is 0 Å². The zero-order valence-corrected chi connectivity index (χ0v) is 12.1. The second-order valence-electron chi connectivity index (χ2n) is 6.26. The van der Waals surface area contributed by atoms with Crippen molar-refractivity contribution in [2.75, 3.05) is 7.05 Å². The molecule has 0 aliphatic heterocycles. The molecule has 1 fully saturated rings. The topological polar surface area (TPSA) is 24.9 Å². The van der Waals surface area contributed by atoms with Gasteiger partial charge in [-0.2, -0.15) is 0 Å². The maximum atomic E-state index is 4.69. The lowest BCUT2D eigenvalue weighted by molar-refractivity contribution is 0.289. The molecule has 19 heavy (non-hydrogen) atoms. The van der Waals surface area contributed by atoms with Gasteiger partial charge in [0.1, 0.15) is 0 Å². The van der Waals surface area contributed by atoms with Crippen LogP contribution in [-0.2, 0) is 6.42 Å². The SMILES string of the molecule is CNC(C1CCCCCC1)C1CCc2cccnc21. The molecule has 1 heterocycles. The largest absolute Gasteiger partial charge is 0.316 e. The Morgan fingerprint density at radius 2 is 1.95 bits per heavy atom. The third-order valence-electron chi connectivity index (χ3n) is 5.18. The predicted molar refractivity (Wildman–Crippen MR) is 79.3 cm³/mol. The van der Waals surface area contributed by atoms with E-state index in [9.17, 15) is 0 Å². The summed E-state index contributed by atoms with van der Waals surface area (Å²) in [5.41, 5.74) is 2.87. The van der Waals surface area contributed by atoms with Crippen molar-refractivity contribution in [3.05, 3.63) is 29.6 Å². The van der Waals surface area contributed by atoms with Crippen LogP contribution in [0, 0.1) is 5.92 Å². The van der Waals surface area contributed by atoms with E-state index >= 15 is 0 Å². The number of likely N-dealkylation sites (N-methyl/N-ethyl adjacent to an activating group) is 1. The molecule has 0 bridgehead atoms. The van der Waals surface area contributed by atoms with Gasteiger partial charge in [-0.05, 0) is 50.3 Å². The molecule has 2 aliphatic carbocycles. The van der Waals surface area contributed by atoms with Crippen LogP contribution in [0.15, 0.2) is 18.3 Å². The lowest BCUT2D eigenvalue weighted by Crippen LogP contribution is -2.38. The minimum absolute atomic E-state index is 0.634. The maximum absolute atomic E-state index is 4.69. The number of aryl methyl sites for hydroxylation is 1. The summed E-state index contributed by atoms with van der Waals surface area (Å²) in [6.45, 7) is 0. The van der Waals surface area contributed by atoms with Gasteiger partial charge in [-0.15, -0.1) is 0 Å². The Bertz CT molecular complexity index is 407. The van der Waals surface area contributed by atoms with E-state index in [-0.39, 0.29) is 0 Å². The fourth-order valence-electron chi connectivity index (χ4n) is 4.23. The molecule has 0 saturated heterocycles. The number of fused-ring (bicyclic) bond motifs is 1. The van der Waals surface area contributed by atoms with E-state index in [1.807, 2.05) is 6.20 Å². The van der Waals surface area contributed by atoms with Gasteiger partial charge in [0, 0.05) is 23.9 Å². The number of aromatic nitrogens is 1. The molecule has 2 nitrogen and oxygen atoms in total. The molecule has 2 atom stereocenters. The molecule has 1 saturated carbocycles. The smallest absolute Gasteiger partial charge is 0.0482 e. The molecule has 1 aromatic rings. The van der Waals surface area contributed by atoms with Crippen molar-refractivity contribution >= 4 is 0 Å². The van der Waals surface area contributed by atoms with Gasteiger partial charge in [0.05, 0.1) is 0 Å². The molecule has 2 unspecified atom stereocenters. The zero-order chi connectivity index (χ0) is 13.1. The van der Waals surface area contributed by atoms with Crippen LogP contribution in [0.1, 0.15) is 62.1 Å². The number of hydrogen-bond donors (Lipinski definition) is 1. The van der Waals surface area contributed by atoms with Crippen molar-refractivity contribution in [1.82, 2.24) is 10.3 Å². The van der Waals surface area contributed by atoms with Crippen molar-refractivity contribution in [3.8, 4) is 0 Å². The summed E-state index contributed by atoms with van der Waals surface area (Å²) in [6, 6.07) is 4.98. The van der Waals surface area contributed by atoms with Gasteiger partial charge in [0.15, 0.2) is 0 Å². The molecular formula is C17H26N2. The van der Waals surface area contributed by atoms with E-state index < -0.39 is 0 Å². The molecule has 2 heteroatoms. The number of rotatable bonds is 3. The van der Waals surface area contributed by atoms with Gasteiger partial charge in [-0.3, -0.25) is 4.98 Å². The highest BCUT2D eigenvalue weighted by atomic mass is 14.9. The quantitative estimate of drug-likeness (QED) is 0.837. The molecule has 2 aliphatic rings. The van der Waals surface area contributed by atoms with E-state index in [2.05, 4.69) is 29.5 Å². The first kappa shape index (κ1) is 13.1. The van der Waals surface area contributed by atoms with Crippen LogP contribution in [0.5, 0.6) is 0 Å². The fraction of sp³-hybridized carbons (Fsp3) is 0.706. The number of nitrogens with one attached hydrogen (secondary N) is 1. The molecular weight excluding hydrogens is 232 g/mol. The number of pyridine rings is 1. The van der Waals surface area contributed by atoms with Crippen molar-refractivity contribution in [3.63, 3.8) is 0 Å². The van der Waals surface area contributed by atoms with Crippen LogP contribution >= 0.6 is 0 Å². The Hall–Kier alpha value is -0.890. The van der Waals surface area contributed by atoms with Crippen LogP contribution in [0.2, 0.25) is 0 Å². The predicted octanol–water partition coefficient (Wildman–Crippen LogP) is 3.67. The fourth-order valence-corrected chi connectivity index (χ4v) is 4.23. The lowest BCUT2D eigenvalue weighted by Gasteiger charge is -2.31. The summed E-state index contributed by atoms with van der Waals surface area (Å²) in [5.74, 6) is 1.50. The van der Waals surface area contributed by atoms with Crippen LogP contribution in [-0.4, -0.2) is 18.1 Å². The minimum atomic E-state index is 0.634. The van der Waals surface area contributed by atoms with Crippen molar-refractivity contribution < 1.29 is 0 Å². The van der Waals surface area contributed by atoms with Gasteiger partial charge in [0.2, 0.25) is 0 Å². The summed E-state index contributed by atoms with van der Waals surface area (Å²) in [4.78, 5) is 4.69. The van der Waals surface area contributed by atoms with Crippen LogP contribution < -0.4 is 5.32 Å². The third kappa shape index (κ3) is 2.69.